The summed E-state index contributed by atoms with van der Waals surface area (Å²) < 4.78 is 5.70. The van der Waals surface area contributed by atoms with Crippen LogP contribution in [0.3, 0.4) is 0 Å². The van der Waals surface area contributed by atoms with Crippen LogP contribution in [0.15, 0.2) is 24.3 Å². The van der Waals surface area contributed by atoms with Crippen molar-refractivity contribution in [2.45, 2.75) is 39.3 Å². The number of nitrogens with one attached hydrogen (secondary N) is 1. The molecule has 0 heterocycles. The highest BCUT2D eigenvalue weighted by atomic mass is 16.5. The van der Waals surface area contributed by atoms with Gasteiger partial charge in [-0.15, -0.1) is 0 Å². The van der Waals surface area contributed by atoms with Gasteiger partial charge in [0.2, 0.25) is 0 Å². The largest absolute Gasteiger partial charge is 0.491 e. The van der Waals surface area contributed by atoms with Crippen LogP contribution in [0.1, 0.15) is 27.2 Å². The zero-order chi connectivity index (χ0) is 12.0. The number of anilines is 1. The first kappa shape index (κ1) is 12.4. The molecule has 0 aromatic heterocycles. The van der Waals surface area contributed by atoms with Crippen LogP contribution in [-0.2, 0) is 0 Å². The average Bonchev–Trinajstić information content (AvgIpc) is 2.29. The van der Waals surface area contributed by atoms with Gasteiger partial charge in [0.1, 0.15) is 11.8 Å². The molecule has 86 valence electrons. The van der Waals surface area contributed by atoms with Crippen molar-refractivity contribution in [2.75, 3.05) is 5.32 Å². The van der Waals surface area contributed by atoms with E-state index in [0.717, 1.165) is 17.9 Å². The van der Waals surface area contributed by atoms with Gasteiger partial charge in [0.05, 0.1) is 12.2 Å². The van der Waals surface area contributed by atoms with E-state index in [1.807, 2.05) is 38.1 Å². The Kier molecular flexibility index (Phi) is 4.65. The summed E-state index contributed by atoms with van der Waals surface area (Å²) in [7, 11) is 0. The van der Waals surface area contributed by atoms with E-state index in [2.05, 4.69) is 18.3 Å². The molecule has 0 fully saturated rings. The number of rotatable bonds is 5. The van der Waals surface area contributed by atoms with Crippen LogP contribution in [0.2, 0.25) is 0 Å². The predicted molar refractivity (Wildman–Crippen MR) is 65.5 cm³/mol. The van der Waals surface area contributed by atoms with Gasteiger partial charge in [-0.3, -0.25) is 0 Å². The first-order valence-electron chi connectivity index (χ1n) is 5.58. The SMILES string of the molecule is CCC(C)Oc1cccc(NC(C)C#N)c1. The van der Waals surface area contributed by atoms with Gasteiger partial charge >= 0.3 is 0 Å². The molecule has 0 saturated carbocycles. The molecule has 1 aromatic carbocycles. The molecule has 2 unspecified atom stereocenters. The number of hydrogen-bond acceptors (Lipinski definition) is 3. The molecule has 0 aliphatic carbocycles. The molecule has 0 bridgehead atoms. The molecule has 0 saturated heterocycles. The summed E-state index contributed by atoms with van der Waals surface area (Å²) in [5.74, 6) is 0.837. The third-order valence-electron chi connectivity index (χ3n) is 2.32. The molecule has 3 heteroatoms. The summed E-state index contributed by atoms with van der Waals surface area (Å²) >= 11 is 0. The highest BCUT2D eigenvalue weighted by molar-refractivity contribution is 5.49. The van der Waals surface area contributed by atoms with E-state index in [4.69, 9.17) is 10.00 Å². The minimum absolute atomic E-state index is 0.196. The molecule has 0 spiro atoms. The molecule has 0 radical (unpaired) electrons. The van der Waals surface area contributed by atoms with Crippen molar-refractivity contribution in [3.05, 3.63) is 24.3 Å². The number of nitriles is 1. The Labute approximate surface area is 97.0 Å². The number of benzene rings is 1. The zero-order valence-corrected chi connectivity index (χ0v) is 10.0. The predicted octanol–water partition coefficient (Wildman–Crippen LogP) is 3.19. The van der Waals surface area contributed by atoms with Crippen molar-refractivity contribution >= 4 is 5.69 Å². The number of hydrogen-bond donors (Lipinski definition) is 1. The summed E-state index contributed by atoms with van der Waals surface area (Å²) in [5.41, 5.74) is 0.912. The third-order valence-corrected chi connectivity index (χ3v) is 2.32. The van der Waals surface area contributed by atoms with Crippen molar-refractivity contribution < 1.29 is 4.74 Å². The molecule has 0 amide bonds. The Morgan fingerprint density at radius 1 is 1.44 bits per heavy atom. The fourth-order valence-corrected chi connectivity index (χ4v) is 1.26. The van der Waals surface area contributed by atoms with Gasteiger partial charge in [0.15, 0.2) is 0 Å². The standard InChI is InChI=1S/C13H18N2O/c1-4-11(3)16-13-7-5-6-12(8-13)15-10(2)9-14/h5-8,10-11,15H,4H2,1-3H3. The van der Waals surface area contributed by atoms with Crippen LogP contribution in [0.4, 0.5) is 5.69 Å². The summed E-state index contributed by atoms with van der Waals surface area (Å²) in [4.78, 5) is 0. The molecule has 3 nitrogen and oxygen atoms in total. The first-order chi connectivity index (χ1) is 7.65. The second-order valence-corrected chi connectivity index (χ2v) is 3.86. The second-order valence-electron chi connectivity index (χ2n) is 3.86. The van der Waals surface area contributed by atoms with Gasteiger partial charge in [-0.2, -0.15) is 5.26 Å². The van der Waals surface area contributed by atoms with Gasteiger partial charge in [-0.25, -0.2) is 0 Å². The molecule has 0 aliphatic heterocycles. The number of ether oxygens (including phenoxy) is 1. The first-order valence-corrected chi connectivity index (χ1v) is 5.58. The maximum atomic E-state index is 8.71. The summed E-state index contributed by atoms with van der Waals surface area (Å²) in [5, 5.41) is 11.8. The minimum atomic E-state index is -0.196. The quantitative estimate of drug-likeness (QED) is 0.825. The monoisotopic (exact) mass is 218 g/mol. The summed E-state index contributed by atoms with van der Waals surface area (Å²) in [6.07, 6.45) is 1.19. The van der Waals surface area contributed by atoms with Crippen molar-refractivity contribution in [2.24, 2.45) is 0 Å². The van der Waals surface area contributed by atoms with Gasteiger partial charge in [0.25, 0.3) is 0 Å². The van der Waals surface area contributed by atoms with Crippen LogP contribution in [-0.4, -0.2) is 12.1 Å². The van der Waals surface area contributed by atoms with E-state index in [1.165, 1.54) is 0 Å². The Morgan fingerprint density at radius 2 is 2.19 bits per heavy atom. The lowest BCUT2D eigenvalue weighted by atomic mass is 10.2. The molecule has 2 atom stereocenters. The summed E-state index contributed by atoms with van der Waals surface area (Å²) in [6, 6.07) is 9.63. The van der Waals surface area contributed by atoms with Gasteiger partial charge in [0, 0.05) is 11.8 Å². The van der Waals surface area contributed by atoms with E-state index in [-0.39, 0.29) is 12.1 Å². The number of nitrogens with zero attached hydrogens (tertiary/aromatic N) is 1. The third kappa shape index (κ3) is 3.82. The zero-order valence-electron chi connectivity index (χ0n) is 10.0. The molecule has 1 N–H and O–H groups in total. The van der Waals surface area contributed by atoms with Crippen molar-refractivity contribution in [3.8, 4) is 11.8 Å². The normalized spacial score (nSPS) is 13.6. The Morgan fingerprint density at radius 3 is 2.81 bits per heavy atom. The van der Waals surface area contributed by atoms with E-state index < -0.39 is 0 Å². The molecular formula is C13H18N2O. The highest BCUT2D eigenvalue weighted by Gasteiger charge is 2.03. The highest BCUT2D eigenvalue weighted by Crippen LogP contribution is 2.19. The van der Waals surface area contributed by atoms with Crippen LogP contribution >= 0.6 is 0 Å². The van der Waals surface area contributed by atoms with Crippen molar-refractivity contribution in [1.82, 2.24) is 0 Å². The maximum Gasteiger partial charge on any atom is 0.121 e. The van der Waals surface area contributed by atoms with E-state index in [0.29, 0.717) is 0 Å². The molecule has 0 aliphatic rings. The molecular weight excluding hydrogens is 200 g/mol. The Hall–Kier alpha value is -1.69. The van der Waals surface area contributed by atoms with Crippen molar-refractivity contribution in [3.63, 3.8) is 0 Å². The van der Waals surface area contributed by atoms with E-state index in [1.54, 1.807) is 0 Å². The fourth-order valence-electron chi connectivity index (χ4n) is 1.26. The topological polar surface area (TPSA) is 45.0 Å². The fraction of sp³-hybridized carbons (Fsp3) is 0.462. The Balaban J connectivity index is 2.68. The minimum Gasteiger partial charge on any atom is -0.491 e. The maximum absolute atomic E-state index is 8.71. The van der Waals surface area contributed by atoms with Crippen LogP contribution in [0.25, 0.3) is 0 Å². The van der Waals surface area contributed by atoms with Crippen LogP contribution < -0.4 is 10.1 Å². The van der Waals surface area contributed by atoms with Gasteiger partial charge in [-0.05, 0) is 32.4 Å². The van der Waals surface area contributed by atoms with Crippen LogP contribution in [0.5, 0.6) is 5.75 Å². The van der Waals surface area contributed by atoms with Crippen molar-refractivity contribution in [1.29, 1.82) is 5.26 Å². The van der Waals surface area contributed by atoms with Crippen LogP contribution in [0, 0.1) is 11.3 Å². The van der Waals surface area contributed by atoms with Gasteiger partial charge < -0.3 is 10.1 Å². The second kappa shape index (κ2) is 6.02. The van der Waals surface area contributed by atoms with E-state index >= 15 is 0 Å². The summed E-state index contributed by atoms with van der Waals surface area (Å²) in [6.45, 7) is 5.95. The molecule has 1 aromatic rings. The average molecular weight is 218 g/mol. The smallest absolute Gasteiger partial charge is 0.121 e. The Bertz CT molecular complexity index is 370. The van der Waals surface area contributed by atoms with Gasteiger partial charge in [-0.1, -0.05) is 13.0 Å². The molecule has 1 rings (SSSR count). The lowest BCUT2D eigenvalue weighted by Crippen LogP contribution is -2.13. The molecule has 16 heavy (non-hydrogen) atoms. The lowest BCUT2D eigenvalue weighted by molar-refractivity contribution is 0.217. The van der Waals surface area contributed by atoms with E-state index in [9.17, 15) is 0 Å². The lowest BCUT2D eigenvalue weighted by Gasteiger charge is -2.14.